The van der Waals surface area contributed by atoms with Gasteiger partial charge in [-0.3, -0.25) is 4.79 Å². The van der Waals surface area contributed by atoms with Gasteiger partial charge in [-0.2, -0.15) is 4.98 Å². The van der Waals surface area contributed by atoms with Gasteiger partial charge in [-0.25, -0.2) is 4.98 Å². The van der Waals surface area contributed by atoms with Crippen molar-refractivity contribution in [2.45, 2.75) is 39.0 Å². The Bertz CT molecular complexity index is 543. The summed E-state index contributed by atoms with van der Waals surface area (Å²) in [6.45, 7) is 4.70. The topological polar surface area (TPSA) is 93.4 Å². The average molecular weight is 319 g/mol. The Kier molecular flexibility index (Phi) is 4.95. The van der Waals surface area contributed by atoms with Gasteiger partial charge in [0.2, 0.25) is 11.9 Å². The molecule has 0 unspecified atom stereocenters. The first-order chi connectivity index (χ1) is 11.1. The molecular weight excluding hydrogens is 294 g/mol. The van der Waals surface area contributed by atoms with Gasteiger partial charge >= 0.3 is 0 Å². The summed E-state index contributed by atoms with van der Waals surface area (Å²) in [7, 11) is 0. The number of anilines is 3. The molecule has 7 heteroatoms. The van der Waals surface area contributed by atoms with Gasteiger partial charge in [0.25, 0.3) is 0 Å². The molecule has 3 N–H and O–H groups in total. The number of morpholine rings is 1. The van der Waals surface area contributed by atoms with Gasteiger partial charge in [0.1, 0.15) is 5.69 Å². The SMILES string of the molecule is Cc1nc(N2CCOCC2)nc(N)c1NC(=O)CC1CCCC1. The van der Waals surface area contributed by atoms with E-state index in [1.54, 1.807) is 0 Å². The molecule has 126 valence electrons. The maximum absolute atomic E-state index is 12.2. The third-order valence-corrected chi connectivity index (χ3v) is 4.61. The Balaban J connectivity index is 1.68. The fourth-order valence-electron chi connectivity index (χ4n) is 3.31. The minimum atomic E-state index is 0.00872. The number of nitrogens with two attached hydrogens (primary N) is 1. The lowest BCUT2D eigenvalue weighted by Gasteiger charge is -2.27. The van der Waals surface area contributed by atoms with E-state index in [1.807, 2.05) is 6.92 Å². The number of aryl methyl sites for hydroxylation is 1. The van der Waals surface area contributed by atoms with Gasteiger partial charge in [0.15, 0.2) is 5.82 Å². The third kappa shape index (κ3) is 3.90. The maximum atomic E-state index is 12.2. The van der Waals surface area contributed by atoms with Crippen molar-refractivity contribution in [3.63, 3.8) is 0 Å². The number of amides is 1. The molecule has 2 fully saturated rings. The Morgan fingerprint density at radius 3 is 2.65 bits per heavy atom. The van der Waals surface area contributed by atoms with Crippen LogP contribution in [-0.2, 0) is 9.53 Å². The number of nitrogens with zero attached hydrogens (tertiary/aromatic N) is 3. The van der Waals surface area contributed by atoms with E-state index in [1.165, 1.54) is 12.8 Å². The zero-order valence-corrected chi connectivity index (χ0v) is 13.7. The zero-order chi connectivity index (χ0) is 16.2. The summed E-state index contributed by atoms with van der Waals surface area (Å²) in [4.78, 5) is 23.1. The molecule has 1 saturated carbocycles. The molecule has 1 aromatic heterocycles. The van der Waals surface area contributed by atoms with Crippen molar-refractivity contribution < 1.29 is 9.53 Å². The van der Waals surface area contributed by atoms with Crippen LogP contribution < -0.4 is 16.0 Å². The van der Waals surface area contributed by atoms with Gasteiger partial charge in [0.05, 0.1) is 18.9 Å². The standard InChI is InChI=1S/C16H25N5O2/c1-11-14(19-13(22)10-12-4-2-3-5-12)15(17)20-16(18-11)21-6-8-23-9-7-21/h12H,2-10H2,1H3,(H,19,22)(H2,17,18,20). The molecule has 2 heterocycles. The number of nitrogen functional groups attached to an aromatic ring is 1. The largest absolute Gasteiger partial charge is 0.382 e. The van der Waals surface area contributed by atoms with Crippen LogP contribution in [-0.4, -0.2) is 42.2 Å². The minimum Gasteiger partial charge on any atom is -0.382 e. The van der Waals surface area contributed by atoms with Crippen molar-refractivity contribution in [1.29, 1.82) is 0 Å². The minimum absolute atomic E-state index is 0.00872. The van der Waals surface area contributed by atoms with E-state index in [9.17, 15) is 4.79 Å². The summed E-state index contributed by atoms with van der Waals surface area (Å²) in [6, 6.07) is 0. The third-order valence-electron chi connectivity index (χ3n) is 4.61. The second-order valence-electron chi connectivity index (χ2n) is 6.37. The number of nitrogens with one attached hydrogen (secondary N) is 1. The number of rotatable bonds is 4. The summed E-state index contributed by atoms with van der Waals surface area (Å²) >= 11 is 0. The number of hydrogen-bond acceptors (Lipinski definition) is 6. The summed E-state index contributed by atoms with van der Waals surface area (Å²) in [5.41, 5.74) is 7.32. The van der Waals surface area contributed by atoms with Gasteiger partial charge < -0.3 is 20.7 Å². The van der Waals surface area contributed by atoms with Crippen LogP contribution in [0.15, 0.2) is 0 Å². The van der Waals surface area contributed by atoms with Crippen LogP contribution in [0.5, 0.6) is 0 Å². The first-order valence-electron chi connectivity index (χ1n) is 8.40. The van der Waals surface area contributed by atoms with Crippen LogP contribution >= 0.6 is 0 Å². The smallest absolute Gasteiger partial charge is 0.227 e. The van der Waals surface area contributed by atoms with Crippen LogP contribution in [0.1, 0.15) is 37.8 Å². The summed E-state index contributed by atoms with van der Waals surface area (Å²) in [6.07, 6.45) is 5.32. The lowest BCUT2D eigenvalue weighted by molar-refractivity contribution is -0.117. The highest BCUT2D eigenvalue weighted by Gasteiger charge is 2.21. The van der Waals surface area contributed by atoms with Crippen molar-refractivity contribution in [2.24, 2.45) is 5.92 Å². The van der Waals surface area contributed by atoms with E-state index >= 15 is 0 Å². The van der Waals surface area contributed by atoms with Gasteiger partial charge in [-0.1, -0.05) is 12.8 Å². The number of hydrogen-bond donors (Lipinski definition) is 2. The quantitative estimate of drug-likeness (QED) is 0.878. The van der Waals surface area contributed by atoms with Crippen molar-refractivity contribution >= 4 is 23.4 Å². The molecular formula is C16H25N5O2. The normalized spacial score (nSPS) is 19.1. The van der Waals surface area contributed by atoms with E-state index in [4.69, 9.17) is 10.5 Å². The Morgan fingerprint density at radius 2 is 2.00 bits per heavy atom. The highest BCUT2D eigenvalue weighted by molar-refractivity contribution is 5.94. The number of carbonyl (C=O) groups excluding carboxylic acids is 1. The van der Waals surface area contributed by atoms with E-state index in [0.29, 0.717) is 48.7 Å². The fourth-order valence-corrected chi connectivity index (χ4v) is 3.31. The lowest BCUT2D eigenvalue weighted by atomic mass is 10.0. The summed E-state index contributed by atoms with van der Waals surface area (Å²) in [5.74, 6) is 1.45. The molecule has 23 heavy (non-hydrogen) atoms. The molecule has 1 aliphatic carbocycles. The molecule has 3 rings (SSSR count). The molecule has 0 atom stereocenters. The fraction of sp³-hybridized carbons (Fsp3) is 0.688. The Labute approximate surface area is 136 Å². The van der Waals surface area contributed by atoms with E-state index in [-0.39, 0.29) is 5.91 Å². The van der Waals surface area contributed by atoms with Crippen molar-refractivity contribution in [1.82, 2.24) is 9.97 Å². The molecule has 1 aliphatic heterocycles. The van der Waals surface area contributed by atoms with E-state index in [2.05, 4.69) is 20.2 Å². The highest BCUT2D eigenvalue weighted by atomic mass is 16.5. The van der Waals surface area contributed by atoms with E-state index < -0.39 is 0 Å². The lowest BCUT2D eigenvalue weighted by Crippen LogP contribution is -2.37. The maximum Gasteiger partial charge on any atom is 0.227 e. The Morgan fingerprint density at radius 1 is 1.30 bits per heavy atom. The Hall–Kier alpha value is -1.89. The molecule has 1 amide bonds. The van der Waals surface area contributed by atoms with Crippen LogP contribution in [0.4, 0.5) is 17.5 Å². The number of aromatic nitrogens is 2. The molecule has 0 spiro atoms. The average Bonchev–Trinajstić information content (AvgIpc) is 3.04. The first kappa shape index (κ1) is 16.0. The van der Waals surface area contributed by atoms with Crippen LogP contribution in [0.2, 0.25) is 0 Å². The van der Waals surface area contributed by atoms with Crippen LogP contribution in [0, 0.1) is 12.8 Å². The molecule has 0 radical (unpaired) electrons. The van der Waals surface area contributed by atoms with Crippen LogP contribution in [0.25, 0.3) is 0 Å². The molecule has 7 nitrogen and oxygen atoms in total. The van der Waals surface area contributed by atoms with Crippen LogP contribution in [0.3, 0.4) is 0 Å². The molecule has 0 bridgehead atoms. The monoisotopic (exact) mass is 319 g/mol. The first-order valence-corrected chi connectivity index (χ1v) is 8.40. The molecule has 0 aromatic carbocycles. The summed E-state index contributed by atoms with van der Waals surface area (Å²) < 4.78 is 5.34. The van der Waals surface area contributed by atoms with Gasteiger partial charge in [0, 0.05) is 19.5 Å². The molecule has 2 aliphatic rings. The summed E-state index contributed by atoms with van der Waals surface area (Å²) in [5, 5.41) is 2.90. The second-order valence-corrected chi connectivity index (χ2v) is 6.37. The van der Waals surface area contributed by atoms with E-state index in [0.717, 1.165) is 25.9 Å². The predicted molar refractivity (Wildman–Crippen MR) is 89.4 cm³/mol. The van der Waals surface area contributed by atoms with Gasteiger partial charge in [-0.15, -0.1) is 0 Å². The van der Waals surface area contributed by atoms with Gasteiger partial charge in [-0.05, 0) is 25.7 Å². The second kappa shape index (κ2) is 7.12. The predicted octanol–water partition coefficient (Wildman–Crippen LogP) is 1.72. The zero-order valence-electron chi connectivity index (χ0n) is 13.7. The number of ether oxygens (including phenoxy) is 1. The van der Waals surface area contributed by atoms with Crippen molar-refractivity contribution in [3.05, 3.63) is 5.69 Å². The molecule has 1 aromatic rings. The highest BCUT2D eigenvalue weighted by Crippen LogP contribution is 2.29. The van der Waals surface area contributed by atoms with Crippen molar-refractivity contribution in [2.75, 3.05) is 42.3 Å². The van der Waals surface area contributed by atoms with Crippen molar-refractivity contribution in [3.8, 4) is 0 Å². The number of carbonyl (C=O) groups is 1. The molecule has 1 saturated heterocycles.